The lowest BCUT2D eigenvalue weighted by molar-refractivity contribution is -0.376. The Bertz CT molecular complexity index is 157. The minimum Gasteiger partial charge on any atom is -1.00 e. The molecule has 68 valence electrons. The monoisotopic (exact) mass is 176 g/mol. The van der Waals surface area contributed by atoms with E-state index in [9.17, 15) is 0 Å². The number of nitrogens with one attached hydrogen (secondary N) is 4. The average Bonchev–Trinajstić information content (AvgIpc) is 2.67. The number of aromatic nitrogens is 4. The van der Waals surface area contributed by atoms with Gasteiger partial charge in [-0.25, -0.2) is 0 Å². The van der Waals surface area contributed by atoms with Crippen molar-refractivity contribution >= 4 is 0 Å². The Kier molecular flexibility index (Phi) is 9.99. The maximum atomic E-state index is 2.81. The molecule has 0 unspecified atom stereocenters. The molecule has 0 aliphatic rings. The van der Waals surface area contributed by atoms with Gasteiger partial charge in [0, 0.05) is 0 Å². The lowest BCUT2D eigenvalue weighted by Crippen LogP contribution is -3.00. The van der Waals surface area contributed by atoms with E-state index in [1.807, 2.05) is 24.8 Å². The van der Waals surface area contributed by atoms with Crippen molar-refractivity contribution in [1.29, 1.82) is 0 Å². The summed E-state index contributed by atoms with van der Waals surface area (Å²) in [7, 11) is 0. The number of aromatic amines is 4. The van der Waals surface area contributed by atoms with Crippen molar-refractivity contribution in [1.82, 2.24) is 9.97 Å². The van der Waals surface area contributed by atoms with Crippen LogP contribution < -0.4 is 19.4 Å². The number of hydrogen-bond donors (Lipinski definition) is 2. The molecule has 0 fully saturated rings. The number of hydrogen-bond acceptors (Lipinski definition) is 0. The van der Waals surface area contributed by atoms with Crippen LogP contribution in [0.5, 0.6) is 0 Å². The van der Waals surface area contributed by atoms with Gasteiger partial charge in [-0.2, -0.15) is 0 Å². The van der Waals surface area contributed by atoms with Crippen LogP contribution in [0.15, 0.2) is 37.4 Å². The Balaban J connectivity index is 0. The molecule has 0 aliphatic heterocycles. The van der Waals surface area contributed by atoms with E-state index < -0.39 is 0 Å². The largest absolute Gasteiger partial charge is 1.00 e. The van der Waals surface area contributed by atoms with Gasteiger partial charge in [0.05, 0.1) is 0 Å². The van der Waals surface area contributed by atoms with E-state index in [1.165, 1.54) is 0 Å². The first-order chi connectivity index (χ1) is 5.00. The zero-order valence-electron chi connectivity index (χ0n) is 6.22. The lowest BCUT2D eigenvalue weighted by Gasteiger charge is -1.37. The summed E-state index contributed by atoms with van der Waals surface area (Å²) in [5, 5.41) is 0. The molecule has 2 aromatic heterocycles. The molecule has 12 heavy (non-hydrogen) atoms. The van der Waals surface area contributed by atoms with Crippen LogP contribution in [-0.4, -0.2) is 9.97 Å². The third kappa shape index (κ3) is 6.40. The maximum absolute atomic E-state index is 2.81. The molecule has 0 aliphatic carbocycles. The molecule has 4 N–H and O–H groups in total. The van der Waals surface area contributed by atoms with E-state index in [4.69, 9.17) is 0 Å². The molecule has 0 saturated carbocycles. The SMILES string of the molecule is [F-].[F-].c1c[nH+]c[nH]1.c1c[nH+]c[nH]1. The Morgan fingerprint density at radius 3 is 1.25 bits per heavy atom. The molecule has 0 atom stereocenters. The van der Waals surface area contributed by atoms with E-state index in [0.29, 0.717) is 0 Å². The quantitative estimate of drug-likeness (QED) is 0.401. The zero-order valence-corrected chi connectivity index (χ0v) is 6.22. The van der Waals surface area contributed by atoms with Crippen LogP contribution in [0.25, 0.3) is 0 Å². The summed E-state index contributed by atoms with van der Waals surface area (Å²) in [5.41, 5.74) is 0. The molecule has 2 rings (SSSR count). The summed E-state index contributed by atoms with van der Waals surface area (Å²) >= 11 is 0. The molecule has 0 amide bonds. The highest BCUT2D eigenvalue weighted by atomic mass is 19.0. The van der Waals surface area contributed by atoms with E-state index in [0.717, 1.165) is 0 Å². The molecule has 0 bridgehead atoms. The maximum Gasteiger partial charge on any atom is 0.239 e. The van der Waals surface area contributed by atoms with Crippen molar-refractivity contribution in [3.05, 3.63) is 37.4 Å². The van der Waals surface area contributed by atoms with Crippen LogP contribution in [0.2, 0.25) is 0 Å². The Hall–Kier alpha value is -1.72. The van der Waals surface area contributed by atoms with Gasteiger partial charge in [-0.1, -0.05) is 0 Å². The highest BCUT2D eigenvalue weighted by Crippen LogP contribution is 1.54. The highest BCUT2D eigenvalue weighted by molar-refractivity contribution is 4.53. The molecule has 2 aromatic rings. The van der Waals surface area contributed by atoms with Gasteiger partial charge in [0.2, 0.25) is 12.7 Å². The van der Waals surface area contributed by atoms with Crippen LogP contribution in [0.4, 0.5) is 0 Å². The first kappa shape index (κ1) is 12.9. The summed E-state index contributed by atoms with van der Waals surface area (Å²) < 4.78 is 0. The second-order valence-corrected chi connectivity index (χ2v) is 1.62. The summed E-state index contributed by atoms with van der Waals surface area (Å²) in [5.74, 6) is 0. The van der Waals surface area contributed by atoms with Gasteiger partial charge in [-0.05, 0) is 0 Å². The highest BCUT2D eigenvalue weighted by Gasteiger charge is 1.65. The van der Waals surface area contributed by atoms with Crippen molar-refractivity contribution < 1.29 is 19.4 Å². The van der Waals surface area contributed by atoms with Gasteiger partial charge in [-0.15, -0.1) is 0 Å². The minimum atomic E-state index is 0. The van der Waals surface area contributed by atoms with Gasteiger partial charge in [0.25, 0.3) is 0 Å². The Morgan fingerprint density at radius 1 is 0.750 bits per heavy atom. The smallest absolute Gasteiger partial charge is 0.239 e. The summed E-state index contributed by atoms with van der Waals surface area (Å²) in [6.07, 6.45) is 10.8. The minimum absolute atomic E-state index is 0. The van der Waals surface area contributed by atoms with Crippen molar-refractivity contribution in [2.24, 2.45) is 0 Å². The predicted molar refractivity (Wildman–Crippen MR) is 34.7 cm³/mol. The fraction of sp³-hybridized carbons (Fsp3) is 0. The predicted octanol–water partition coefficient (Wildman–Crippen LogP) is -6.33. The Labute approximate surface area is 67.8 Å². The summed E-state index contributed by atoms with van der Waals surface area (Å²) in [6, 6.07) is 0. The van der Waals surface area contributed by atoms with E-state index in [1.54, 1.807) is 12.7 Å². The van der Waals surface area contributed by atoms with E-state index in [2.05, 4.69) is 19.9 Å². The first-order valence-electron chi connectivity index (χ1n) is 2.98. The molecule has 0 saturated heterocycles. The van der Waals surface area contributed by atoms with Crippen LogP contribution in [0.3, 0.4) is 0 Å². The normalized spacial score (nSPS) is 6.67. The summed E-state index contributed by atoms with van der Waals surface area (Å²) in [4.78, 5) is 11.2. The second-order valence-electron chi connectivity index (χ2n) is 1.62. The molecular weight excluding hydrogens is 166 g/mol. The van der Waals surface area contributed by atoms with Crippen LogP contribution >= 0.6 is 0 Å². The van der Waals surface area contributed by atoms with Crippen molar-refractivity contribution in [3.63, 3.8) is 0 Å². The third-order valence-electron chi connectivity index (χ3n) is 0.885. The molecule has 0 radical (unpaired) electrons. The van der Waals surface area contributed by atoms with Gasteiger partial charge >= 0.3 is 0 Å². The molecule has 2 heterocycles. The molecule has 0 aromatic carbocycles. The first-order valence-corrected chi connectivity index (χ1v) is 2.98. The van der Waals surface area contributed by atoms with Gasteiger partial charge < -0.3 is 9.41 Å². The Morgan fingerprint density at radius 2 is 1.17 bits per heavy atom. The zero-order chi connectivity index (χ0) is 7.07. The fourth-order valence-electron chi connectivity index (χ4n) is 0.481. The second kappa shape index (κ2) is 9.28. The average molecular weight is 176 g/mol. The topological polar surface area (TPSA) is 59.9 Å². The molecule has 6 heteroatoms. The van der Waals surface area contributed by atoms with Gasteiger partial charge in [-0.3, -0.25) is 19.9 Å². The van der Waals surface area contributed by atoms with Crippen molar-refractivity contribution in [2.75, 3.05) is 0 Å². The molecule has 0 spiro atoms. The fourth-order valence-corrected chi connectivity index (χ4v) is 0.481. The standard InChI is InChI=1S/2C3H4N2.2FH/c2*1-2-5-3-4-1;;/h2*1-3H,(H,4,5);2*1H. The summed E-state index contributed by atoms with van der Waals surface area (Å²) in [6.45, 7) is 0. The number of rotatable bonds is 0. The molecule has 4 nitrogen and oxygen atoms in total. The van der Waals surface area contributed by atoms with Gasteiger partial charge in [0.1, 0.15) is 24.8 Å². The van der Waals surface area contributed by atoms with Crippen molar-refractivity contribution in [3.8, 4) is 0 Å². The van der Waals surface area contributed by atoms with Crippen molar-refractivity contribution in [2.45, 2.75) is 0 Å². The third-order valence-corrected chi connectivity index (χ3v) is 0.885. The number of H-pyrrole nitrogens is 4. The number of halogens is 2. The van der Waals surface area contributed by atoms with E-state index >= 15 is 0 Å². The van der Waals surface area contributed by atoms with Crippen LogP contribution in [0, 0.1) is 0 Å². The van der Waals surface area contributed by atoms with Crippen LogP contribution in [0.1, 0.15) is 0 Å². The molecular formula is C6H10F2N4. The van der Waals surface area contributed by atoms with E-state index in [-0.39, 0.29) is 9.41 Å². The lowest BCUT2D eigenvalue weighted by atomic mass is 11.0. The number of imidazole rings is 2. The van der Waals surface area contributed by atoms with Gasteiger partial charge in [0.15, 0.2) is 0 Å². The van der Waals surface area contributed by atoms with Crippen LogP contribution in [-0.2, 0) is 0 Å².